The molecule has 1 amide bonds. The Bertz CT molecular complexity index is 542. The molecule has 2 rings (SSSR count). The average Bonchev–Trinajstić information content (AvgIpc) is 2.88. The molecule has 0 aliphatic rings. The van der Waals surface area contributed by atoms with E-state index in [9.17, 15) is 4.79 Å². The summed E-state index contributed by atoms with van der Waals surface area (Å²) in [7, 11) is 1.72. The molecular weight excluding hydrogens is 262 g/mol. The van der Waals surface area contributed by atoms with Crippen molar-refractivity contribution < 1.29 is 9.21 Å². The van der Waals surface area contributed by atoms with Crippen molar-refractivity contribution in [1.29, 1.82) is 0 Å². The van der Waals surface area contributed by atoms with Crippen molar-refractivity contribution in [2.24, 2.45) is 0 Å². The summed E-state index contributed by atoms with van der Waals surface area (Å²) in [4.78, 5) is 21.8. The van der Waals surface area contributed by atoms with Crippen LogP contribution in [0.2, 0.25) is 0 Å². The van der Waals surface area contributed by atoms with E-state index in [1.165, 1.54) is 0 Å². The number of aromatic nitrogens is 2. The Morgan fingerprint density at radius 1 is 1.42 bits per heavy atom. The zero-order valence-electron chi connectivity index (χ0n) is 10.9. The molecule has 0 aliphatic heterocycles. The van der Waals surface area contributed by atoms with E-state index in [0.717, 1.165) is 17.2 Å². The summed E-state index contributed by atoms with van der Waals surface area (Å²) in [5.74, 6) is 1.78. The predicted molar refractivity (Wildman–Crippen MR) is 73.8 cm³/mol. The van der Waals surface area contributed by atoms with Crippen LogP contribution in [0.5, 0.6) is 0 Å². The fourth-order valence-electron chi connectivity index (χ4n) is 1.63. The molecule has 2 aromatic heterocycles. The SMILES string of the molecule is CSCc1ccc(C(=O)N(C)Cc2cnccn2)o1. The maximum Gasteiger partial charge on any atom is 0.289 e. The van der Waals surface area contributed by atoms with Crippen LogP contribution in [0.25, 0.3) is 0 Å². The van der Waals surface area contributed by atoms with E-state index in [2.05, 4.69) is 9.97 Å². The highest BCUT2D eigenvalue weighted by Gasteiger charge is 2.16. The molecule has 5 nitrogen and oxygen atoms in total. The molecule has 0 aliphatic carbocycles. The van der Waals surface area contributed by atoms with Gasteiger partial charge >= 0.3 is 0 Å². The number of hydrogen-bond donors (Lipinski definition) is 0. The molecule has 0 atom stereocenters. The third kappa shape index (κ3) is 3.57. The summed E-state index contributed by atoms with van der Waals surface area (Å²) >= 11 is 1.65. The van der Waals surface area contributed by atoms with E-state index < -0.39 is 0 Å². The number of amides is 1. The van der Waals surface area contributed by atoms with Crippen molar-refractivity contribution in [1.82, 2.24) is 14.9 Å². The van der Waals surface area contributed by atoms with Crippen molar-refractivity contribution in [3.05, 3.63) is 47.9 Å². The smallest absolute Gasteiger partial charge is 0.289 e. The lowest BCUT2D eigenvalue weighted by Crippen LogP contribution is -2.26. The van der Waals surface area contributed by atoms with Crippen LogP contribution in [-0.2, 0) is 12.3 Å². The minimum absolute atomic E-state index is 0.155. The zero-order chi connectivity index (χ0) is 13.7. The monoisotopic (exact) mass is 277 g/mol. The van der Waals surface area contributed by atoms with Crippen LogP contribution >= 0.6 is 11.8 Å². The van der Waals surface area contributed by atoms with Gasteiger partial charge in [-0.2, -0.15) is 11.8 Å². The molecule has 100 valence electrons. The first-order chi connectivity index (χ1) is 9.20. The van der Waals surface area contributed by atoms with Crippen molar-refractivity contribution >= 4 is 17.7 Å². The first-order valence-corrected chi connectivity index (χ1v) is 7.18. The van der Waals surface area contributed by atoms with Crippen molar-refractivity contribution in [2.45, 2.75) is 12.3 Å². The summed E-state index contributed by atoms with van der Waals surface area (Å²) in [5, 5.41) is 0. The van der Waals surface area contributed by atoms with Crippen LogP contribution in [0.1, 0.15) is 22.0 Å². The molecule has 0 spiro atoms. The normalized spacial score (nSPS) is 10.4. The third-order valence-electron chi connectivity index (χ3n) is 2.52. The molecule has 0 fully saturated rings. The largest absolute Gasteiger partial charge is 0.455 e. The molecule has 0 radical (unpaired) electrons. The molecule has 2 heterocycles. The zero-order valence-corrected chi connectivity index (χ0v) is 11.7. The Balaban J connectivity index is 2.02. The van der Waals surface area contributed by atoms with E-state index in [-0.39, 0.29) is 5.91 Å². The van der Waals surface area contributed by atoms with Gasteiger partial charge in [0.1, 0.15) is 5.76 Å². The molecule has 0 N–H and O–H groups in total. The second kappa shape index (κ2) is 6.38. The van der Waals surface area contributed by atoms with E-state index in [1.807, 2.05) is 12.3 Å². The molecule has 2 aromatic rings. The molecule has 0 saturated heterocycles. The minimum Gasteiger partial charge on any atom is -0.455 e. The van der Waals surface area contributed by atoms with E-state index in [0.29, 0.717) is 12.3 Å². The van der Waals surface area contributed by atoms with Gasteiger partial charge in [-0.25, -0.2) is 0 Å². The third-order valence-corrected chi connectivity index (χ3v) is 3.09. The molecular formula is C13H15N3O2S. The number of thioether (sulfide) groups is 1. The van der Waals surface area contributed by atoms with Crippen LogP contribution < -0.4 is 0 Å². The van der Waals surface area contributed by atoms with Crippen molar-refractivity contribution in [3.8, 4) is 0 Å². The fourth-order valence-corrected chi connectivity index (χ4v) is 2.07. The minimum atomic E-state index is -0.155. The number of carbonyl (C=O) groups is 1. The van der Waals surface area contributed by atoms with Crippen LogP contribution in [0.4, 0.5) is 0 Å². The summed E-state index contributed by atoms with van der Waals surface area (Å²) in [6, 6.07) is 3.54. The highest BCUT2D eigenvalue weighted by molar-refractivity contribution is 7.97. The van der Waals surface area contributed by atoms with Crippen LogP contribution in [0.15, 0.2) is 35.1 Å². The molecule has 0 bridgehead atoms. The summed E-state index contributed by atoms with van der Waals surface area (Å²) < 4.78 is 5.50. The maximum atomic E-state index is 12.1. The molecule has 19 heavy (non-hydrogen) atoms. The van der Waals surface area contributed by atoms with Crippen LogP contribution in [0.3, 0.4) is 0 Å². The standard InChI is InChI=1S/C13H15N3O2S/c1-16(8-10-7-14-5-6-15-10)13(17)12-4-3-11(18-12)9-19-2/h3-7H,8-9H2,1-2H3. The highest BCUT2D eigenvalue weighted by atomic mass is 32.2. The van der Waals surface area contributed by atoms with Gasteiger partial charge in [-0.15, -0.1) is 0 Å². The van der Waals surface area contributed by atoms with Gasteiger partial charge in [0, 0.05) is 19.4 Å². The predicted octanol–water partition coefficient (Wildman–Crippen LogP) is 2.20. The average molecular weight is 277 g/mol. The lowest BCUT2D eigenvalue weighted by atomic mass is 10.3. The lowest BCUT2D eigenvalue weighted by molar-refractivity contribution is 0.0750. The van der Waals surface area contributed by atoms with Gasteiger partial charge in [0.05, 0.1) is 24.2 Å². The number of rotatable bonds is 5. The summed E-state index contributed by atoms with van der Waals surface area (Å²) in [5.41, 5.74) is 0.745. The van der Waals surface area contributed by atoms with Gasteiger partial charge in [-0.1, -0.05) is 0 Å². The van der Waals surface area contributed by atoms with Gasteiger partial charge in [0.15, 0.2) is 5.76 Å². The number of nitrogens with zero attached hydrogens (tertiary/aromatic N) is 3. The molecule has 6 heteroatoms. The van der Waals surface area contributed by atoms with E-state index in [1.54, 1.807) is 48.4 Å². The Morgan fingerprint density at radius 2 is 2.26 bits per heavy atom. The lowest BCUT2D eigenvalue weighted by Gasteiger charge is -2.14. The first-order valence-electron chi connectivity index (χ1n) is 5.78. The molecule has 0 unspecified atom stereocenters. The quantitative estimate of drug-likeness (QED) is 0.838. The van der Waals surface area contributed by atoms with E-state index >= 15 is 0 Å². The van der Waals surface area contributed by atoms with Crippen LogP contribution in [0, 0.1) is 0 Å². The van der Waals surface area contributed by atoms with Crippen LogP contribution in [-0.4, -0.2) is 34.1 Å². The number of carbonyl (C=O) groups excluding carboxylic acids is 1. The van der Waals surface area contributed by atoms with Gasteiger partial charge < -0.3 is 9.32 Å². The van der Waals surface area contributed by atoms with Gasteiger partial charge in [0.2, 0.25) is 0 Å². The van der Waals surface area contributed by atoms with Crippen molar-refractivity contribution in [2.75, 3.05) is 13.3 Å². The van der Waals surface area contributed by atoms with Crippen molar-refractivity contribution in [3.63, 3.8) is 0 Å². The maximum absolute atomic E-state index is 12.1. The van der Waals surface area contributed by atoms with Gasteiger partial charge in [-0.3, -0.25) is 14.8 Å². The summed E-state index contributed by atoms with van der Waals surface area (Å²) in [6.07, 6.45) is 6.85. The molecule has 0 aromatic carbocycles. The summed E-state index contributed by atoms with van der Waals surface area (Å²) in [6.45, 7) is 0.408. The molecule has 0 saturated carbocycles. The second-order valence-electron chi connectivity index (χ2n) is 4.06. The Kier molecular flexibility index (Phi) is 4.57. The Hall–Kier alpha value is -1.82. The topological polar surface area (TPSA) is 59.2 Å². The number of hydrogen-bond acceptors (Lipinski definition) is 5. The Morgan fingerprint density at radius 3 is 2.95 bits per heavy atom. The fraction of sp³-hybridized carbons (Fsp3) is 0.308. The second-order valence-corrected chi connectivity index (χ2v) is 4.92. The Labute approximate surface area is 116 Å². The van der Waals surface area contributed by atoms with Gasteiger partial charge in [-0.05, 0) is 18.4 Å². The number of furan rings is 1. The van der Waals surface area contributed by atoms with Gasteiger partial charge in [0.25, 0.3) is 5.91 Å². The first kappa shape index (κ1) is 13.6. The highest BCUT2D eigenvalue weighted by Crippen LogP contribution is 2.15. The van der Waals surface area contributed by atoms with E-state index in [4.69, 9.17) is 4.42 Å².